The van der Waals surface area contributed by atoms with E-state index < -0.39 is 0 Å². The minimum Gasteiger partial charge on any atom is -0.457 e. The van der Waals surface area contributed by atoms with Crippen LogP contribution in [0, 0.1) is 0 Å². The zero-order valence-electron chi connectivity index (χ0n) is 10.6. The van der Waals surface area contributed by atoms with Gasteiger partial charge >= 0.3 is 5.97 Å². The van der Waals surface area contributed by atoms with Crippen molar-refractivity contribution in [3.05, 3.63) is 29.3 Å². The fourth-order valence-electron chi connectivity index (χ4n) is 1.89. The zero-order chi connectivity index (χ0) is 13.9. The second-order valence-electron chi connectivity index (χ2n) is 4.27. The molecule has 7 heteroatoms. The van der Waals surface area contributed by atoms with Crippen molar-refractivity contribution < 1.29 is 14.3 Å². The third-order valence-corrected chi connectivity index (χ3v) is 4.76. The summed E-state index contributed by atoms with van der Waals surface area (Å²) >= 11 is 2.74. The molecule has 0 bridgehead atoms. The summed E-state index contributed by atoms with van der Waals surface area (Å²) in [6.07, 6.45) is 0. The van der Waals surface area contributed by atoms with E-state index in [1.54, 1.807) is 0 Å². The van der Waals surface area contributed by atoms with Gasteiger partial charge in [0.2, 0.25) is 0 Å². The van der Waals surface area contributed by atoms with Crippen LogP contribution in [-0.4, -0.2) is 39.9 Å². The number of thiazole rings is 1. The summed E-state index contributed by atoms with van der Waals surface area (Å²) in [4.78, 5) is 29.0. The molecule has 0 unspecified atom stereocenters. The van der Waals surface area contributed by atoms with E-state index in [9.17, 15) is 9.59 Å². The first-order valence-electron chi connectivity index (χ1n) is 6.14. The van der Waals surface area contributed by atoms with Crippen LogP contribution in [0.5, 0.6) is 0 Å². The molecule has 5 nitrogen and oxygen atoms in total. The maximum Gasteiger partial charge on any atom is 0.326 e. The molecule has 104 valence electrons. The molecule has 0 saturated carbocycles. The first kappa shape index (κ1) is 13.4. The molecule has 0 N–H and O–H groups in total. The lowest BCUT2D eigenvalue weighted by atomic mass is 10.3. The highest BCUT2D eigenvalue weighted by atomic mass is 32.2. The van der Waals surface area contributed by atoms with Crippen LogP contribution in [0.3, 0.4) is 0 Å². The highest BCUT2D eigenvalue weighted by Crippen LogP contribution is 2.22. The molecule has 1 aromatic heterocycles. The van der Waals surface area contributed by atoms with E-state index in [0.717, 1.165) is 21.0 Å². The number of carbonyl (C=O) groups is 2. The molecule has 2 heterocycles. The van der Waals surface area contributed by atoms with Gasteiger partial charge in [-0.25, -0.2) is 4.98 Å². The number of nitrogens with zero attached hydrogens (tertiary/aromatic N) is 2. The number of aromatic nitrogens is 1. The van der Waals surface area contributed by atoms with Crippen LogP contribution < -0.4 is 0 Å². The fraction of sp³-hybridized carbons (Fsp3) is 0.308. The monoisotopic (exact) mass is 308 g/mol. The molecule has 1 amide bonds. The molecule has 20 heavy (non-hydrogen) atoms. The number of rotatable bonds is 4. The second kappa shape index (κ2) is 5.80. The summed E-state index contributed by atoms with van der Waals surface area (Å²) in [6.45, 7) is 0.795. The average molecular weight is 308 g/mol. The Labute approximate surface area is 123 Å². The third-order valence-electron chi connectivity index (χ3n) is 2.86. The number of para-hydroxylation sites is 1. The van der Waals surface area contributed by atoms with Crippen LogP contribution in [0.2, 0.25) is 0 Å². The van der Waals surface area contributed by atoms with Crippen molar-refractivity contribution >= 4 is 44.5 Å². The van der Waals surface area contributed by atoms with Crippen LogP contribution in [0.25, 0.3) is 10.2 Å². The summed E-state index contributed by atoms with van der Waals surface area (Å²) in [6, 6.07) is 7.79. The van der Waals surface area contributed by atoms with Crippen molar-refractivity contribution in [2.45, 2.75) is 6.61 Å². The molecule has 1 aromatic carbocycles. The van der Waals surface area contributed by atoms with E-state index in [-0.39, 0.29) is 24.4 Å². The van der Waals surface area contributed by atoms with E-state index in [0.29, 0.717) is 6.54 Å². The second-order valence-corrected chi connectivity index (χ2v) is 6.43. The number of hydrogen-bond acceptors (Lipinski definition) is 6. The van der Waals surface area contributed by atoms with Crippen LogP contribution in [0.15, 0.2) is 24.3 Å². The van der Waals surface area contributed by atoms with E-state index in [1.807, 2.05) is 24.3 Å². The molecule has 0 radical (unpaired) electrons. The lowest BCUT2D eigenvalue weighted by Gasteiger charge is -2.12. The van der Waals surface area contributed by atoms with Crippen molar-refractivity contribution in [1.82, 2.24) is 9.88 Å². The fourth-order valence-corrected chi connectivity index (χ4v) is 3.60. The van der Waals surface area contributed by atoms with Crippen LogP contribution in [0.4, 0.5) is 4.79 Å². The number of fused-ring (bicyclic) bond motifs is 1. The number of amides is 1. The van der Waals surface area contributed by atoms with Crippen molar-refractivity contribution in [2.24, 2.45) is 0 Å². The lowest BCUT2D eigenvalue weighted by molar-refractivity contribution is -0.145. The zero-order valence-corrected chi connectivity index (χ0v) is 12.2. The molecule has 0 aliphatic carbocycles. The maximum absolute atomic E-state index is 11.7. The van der Waals surface area contributed by atoms with Crippen LogP contribution >= 0.6 is 23.1 Å². The molecule has 1 aliphatic heterocycles. The summed E-state index contributed by atoms with van der Waals surface area (Å²) in [5.74, 6) is 0.351. The van der Waals surface area contributed by atoms with Gasteiger partial charge in [0, 0.05) is 12.3 Å². The smallest absolute Gasteiger partial charge is 0.326 e. The normalized spacial score (nSPS) is 15.0. The number of ether oxygens (including phenoxy) is 1. The molecular weight excluding hydrogens is 296 g/mol. The predicted molar refractivity (Wildman–Crippen MR) is 78.8 cm³/mol. The molecular formula is C13H12N2O3S2. The first-order chi connectivity index (χ1) is 9.72. The summed E-state index contributed by atoms with van der Waals surface area (Å²) in [7, 11) is 0. The minimum atomic E-state index is -0.389. The Hall–Kier alpha value is -1.60. The molecule has 1 saturated heterocycles. The van der Waals surface area contributed by atoms with Gasteiger partial charge in [-0.1, -0.05) is 23.9 Å². The van der Waals surface area contributed by atoms with Gasteiger partial charge in [0.25, 0.3) is 5.24 Å². The van der Waals surface area contributed by atoms with Crippen molar-refractivity contribution in [2.75, 3.05) is 18.8 Å². The first-order valence-corrected chi connectivity index (χ1v) is 7.94. The number of thioether (sulfide) groups is 1. The number of benzene rings is 1. The molecule has 2 aromatic rings. The predicted octanol–water partition coefficient (Wildman–Crippen LogP) is 2.51. The highest BCUT2D eigenvalue weighted by Gasteiger charge is 2.23. The Kier molecular flexibility index (Phi) is 3.88. The van der Waals surface area contributed by atoms with Crippen molar-refractivity contribution in [1.29, 1.82) is 0 Å². The minimum absolute atomic E-state index is 0.0245. The van der Waals surface area contributed by atoms with E-state index in [2.05, 4.69) is 4.98 Å². The van der Waals surface area contributed by atoms with E-state index >= 15 is 0 Å². The van der Waals surface area contributed by atoms with Gasteiger partial charge in [-0.15, -0.1) is 11.3 Å². The molecule has 3 rings (SSSR count). The summed E-state index contributed by atoms with van der Waals surface area (Å²) in [5.41, 5.74) is 0.912. The third kappa shape index (κ3) is 2.94. The standard InChI is InChI=1S/C13H12N2O3S2/c16-12(7-15-5-6-19-13(15)17)18-8-11-14-9-3-1-2-4-10(9)20-11/h1-4H,5-8H2. The maximum atomic E-state index is 11.7. The topological polar surface area (TPSA) is 59.5 Å². The molecule has 1 aliphatic rings. The Balaban J connectivity index is 1.56. The lowest BCUT2D eigenvalue weighted by Crippen LogP contribution is -2.30. The van der Waals surface area contributed by atoms with Crippen molar-refractivity contribution in [3.63, 3.8) is 0 Å². The van der Waals surface area contributed by atoms with Gasteiger partial charge < -0.3 is 9.64 Å². The Morgan fingerprint density at radius 1 is 1.40 bits per heavy atom. The van der Waals surface area contributed by atoms with Gasteiger partial charge in [-0.2, -0.15) is 0 Å². The highest BCUT2D eigenvalue weighted by molar-refractivity contribution is 8.13. The van der Waals surface area contributed by atoms with Gasteiger partial charge in [-0.3, -0.25) is 9.59 Å². The van der Waals surface area contributed by atoms with E-state index in [4.69, 9.17) is 4.74 Å². The molecule has 1 fully saturated rings. The van der Waals surface area contributed by atoms with Gasteiger partial charge in [0.15, 0.2) is 0 Å². The van der Waals surface area contributed by atoms with Crippen molar-refractivity contribution in [3.8, 4) is 0 Å². The largest absolute Gasteiger partial charge is 0.457 e. The number of hydrogen-bond donors (Lipinski definition) is 0. The van der Waals surface area contributed by atoms with E-state index in [1.165, 1.54) is 28.0 Å². The number of carbonyl (C=O) groups excluding carboxylic acids is 2. The van der Waals surface area contributed by atoms with Gasteiger partial charge in [0.05, 0.1) is 10.2 Å². The van der Waals surface area contributed by atoms with Gasteiger partial charge in [0.1, 0.15) is 18.2 Å². The van der Waals surface area contributed by atoms with Crippen LogP contribution in [0.1, 0.15) is 5.01 Å². The summed E-state index contributed by atoms with van der Waals surface area (Å²) < 4.78 is 6.25. The quantitative estimate of drug-likeness (QED) is 0.812. The number of esters is 1. The van der Waals surface area contributed by atoms with Gasteiger partial charge in [-0.05, 0) is 12.1 Å². The SMILES string of the molecule is O=C(CN1CCSC1=O)OCc1nc2ccccc2s1. The Morgan fingerprint density at radius 3 is 3.00 bits per heavy atom. The summed E-state index contributed by atoms with van der Waals surface area (Å²) in [5, 5.41) is 0.712. The average Bonchev–Trinajstić information content (AvgIpc) is 3.03. The van der Waals surface area contributed by atoms with Crippen LogP contribution in [-0.2, 0) is 16.1 Å². The Morgan fingerprint density at radius 2 is 2.25 bits per heavy atom. The molecule has 0 spiro atoms. The Bertz CT molecular complexity index is 623. The molecule has 0 atom stereocenters.